The van der Waals surface area contributed by atoms with Gasteiger partial charge in [0.15, 0.2) is 0 Å². The minimum atomic E-state index is -0.405. The second kappa shape index (κ2) is 5.88. The van der Waals surface area contributed by atoms with Crippen molar-refractivity contribution in [1.29, 1.82) is 0 Å². The molecule has 0 bridgehead atoms. The summed E-state index contributed by atoms with van der Waals surface area (Å²) in [5.74, 6) is 0. The molecule has 20 heavy (non-hydrogen) atoms. The predicted molar refractivity (Wildman–Crippen MR) is 84.4 cm³/mol. The highest BCUT2D eigenvalue weighted by Crippen LogP contribution is 2.30. The van der Waals surface area contributed by atoms with Gasteiger partial charge in [0.05, 0.1) is 26.1 Å². The molecule has 1 unspecified atom stereocenters. The van der Waals surface area contributed by atoms with Crippen LogP contribution in [0.2, 0.25) is 0 Å². The molecule has 1 aromatic heterocycles. The quantitative estimate of drug-likeness (QED) is 0.642. The van der Waals surface area contributed by atoms with E-state index in [1.54, 1.807) is 17.4 Å². The molecule has 0 saturated heterocycles. The van der Waals surface area contributed by atoms with Crippen molar-refractivity contribution in [3.05, 3.63) is 48.4 Å². The van der Waals surface area contributed by atoms with Gasteiger partial charge in [-0.15, -0.1) is 11.3 Å². The minimum absolute atomic E-state index is 0.000676. The van der Waals surface area contributed by atoms with Crippen LogP contribution >= 0.6 is 27.3 Å². The lowest BCUT2D eigenvalue weighted by atomic mass is 10.2. The van der Waals surface area contributed by atoms with E-state index >= 15 is 0 Å². The maximum absolute atomic E-state index is 10.9. The molecule has 7 heteroatoms. The number of rotatable bonds is 4. The van der Waals surface area contributed by atoms with Gasteiger partial charge in [-0.25, -0.2) is 4.98 Å². The molecule has 0 aliphatic rings. The summed E-state index contributed by atoms with van der Waals surface area (Å²) in [6, 6.07) is 5.00. The molecule has 0 saturated carbocycles. The number of halogens is 1. The summed E-state index contributed by atoms with van der Waals surface area (Å²) in [6.07, 6.45) is 0. The average molecular weight is 356 g/mol. The molecule has 1 N–H and O–H groups in total. The largest absolute Gasteiger partial charge is 0.377 e. The Morgan fingerprint density at radius 2 is 2.15 bits per heavy atom. The van der Waals surface area contributed by atoms with Crippen molar-refractivity contribution < 1.29 is 4.92 Å². The number of aryl methyl sites for hydroxylation is 2. The van der Waals surface area contributed by atoms with E-state index in [1.807, 2.05) is 26.8 Å². The van der Waals surface area contributed by atoms with E-state index in [-0.39, 0.29) is 11.7 Å². The third-order valence-electron chi connectivity index (χ3n) is 2.88. The molecule has 1 aromatic carbocycles. The lowest BCUT2D eigenvalue weighted by Crippen LogP contribution is -2.08. The Morgan fingerprint density at radius 3 is 2.70 bits per heavy atom. The molecule has 5 nitrogen and oxygen atoms in total. The molecule has 1 atom stereocenters. The average Bonchev–Trinajstić information content (AvgIpc) is 2.70. The fourth-order valence-corrected chi connectivity index (χ4v) is 3.31. The zero-order valence-corrected chi connectivity index (χ0v) is 13.7. The van der Waals surface area contributed by atoms with Crippen molar-refractivity contribution in [2.45, 2.75) is 26.8 Å². The summed E-state index contributed by atoms with van der Waals surface area (Å²) in [7, 11) is 0. The topological polar surface area (TPSA) is 68.1 Å². The van der Waals surface area contributed by atoms with Crippen molar-refractivity contribution in [3.8, 4) is 0 Å². The second-order valence-corrected chi connectivity index (χ2v) is 6.73. The van der Waals surface area contributed by atoms with Gasteiger partial charge in [0, 0.05) is 16.6 Å². The number of nitro benzene ring substituents is 1. The first-order valence-corrected chi connectivity index (χ1v) is 7.64. The molecule has 2 aromatic rings. The van der Waals surface area contributed by atoms with Crippen LogP contribution < -0.4 is 5.32 Å². The van der Waals surface area contributed by atoms with Crippen LogP contribution in [-0.4, -0.2) is 9.91 Å². The highest BCUT2D eigenvalue weighted by Gasteiger charge is 2.16. The van der Waals surface area contributed by atoms with Gasteiger partial charge in [0.2, 0.25) is 0 Å². The van der Waals surface area contributed by atoms with Crippen LogP contribution in [0, 0.1) is 24.0 Å². The molecule has 1 heterocycles. The number of aromatic nitrogens is 1. The van der Waals surface area contributed by atoms with Gasteiger partial charge in [-0.05, 0) is 48.8 Å². The van der Waals surface area contributed by atoms with E-state index < -0.39 is 4.92 Å². The van der Waals surface area contributed by atoms with Gasteiger partial charge in [-0.3, -0.25) is 10.1 Å². The molecule has 0 aliphatic heterocycles. The molecular weight excluding hydrogens is 342 g/mol. The Morgan fingerprint density at radius 1 is 1.45 bits per heavy atom. The maximum atomic E-state index is 10.9. The van der Waals surface area contributed by atoms with Gasteiger partial charge < -0.3 is 5.32 Å². The fraction of sp³-hybridized carbons (Fsp3) is 0.308. The van der Waals surface area contributed by atoms with Crippen LogP contribution in [0.15, 0.2) is 22.7 Å². The predicted octanol–water partition coefficient (Wildman–Crippen LogP) is 4.60. The number of nitrogens with one attached hydrogen (secondary N) is 1. The van der Waals surface area contributed by atoms with Crippen LogP contribution in [0.4, 0.5) is 11.4 Å². The van der Waals surface area contributed by atoms with Gasteiger partial charge in [-0.2, -0.15) is 0 Å². The number of nitrogens with zero attached hydrogens (tertiary/aromatic N) is 2. The lowest BCUT2D eigenvalue weighted by molar-refractivity contribution is -0.385. The van der Waals surface area contributed by atoms with Gasteiger partial charge in [0.25, 0.3) is 5.69 Å². The number of nitro groups is 1. The summed E-state index contributed by atoms with van der Waals surface area (Å²) in [5.41, 5.74) is 1.74. The van der Waals surface area contributed by atoms with E-state index in [0.29, 0.717) is 10.2 Å². The van der Waals surface area contributed by atoms with Crippen LogP contribution in [0.3, 0.4) is 0 Å². The smallest absolute Gasteiger partial charge is 0.285 e. The van der Waals surface area contributed by atoms with E-state index in [9.17, 15) is 10.1 Å². The number of hydrogen-bond acceptors (Lipinski definition) is 5. The van der Waals surface area contributed by atoms with E-state index in [0.717, 1.165) is 15.6 Å². The zero-order chi connectivity index (χ0) is 14.9. The van der Waals surface area contributed by atoms with Crippen molar-refractivity contribution in [3.63, 3.8) is 0 Å². The van der Waals surface area contributed by atoms with Crippen molar-refractivity contribution in [1.82, 2.24) is 4.98 Å². The molecule has 2 rings (SSSR count). The number of benzene rings is 1. The number of hydrogen-bond donors (Lipinski definition) is 1. The molecule has 0 radical (unpaired) electrons. The molecule has 106 valence electrons. The summed E-state index contributed by atoms with van der Waals surface area (Å²) in [4.78, 5) is 16.2. The Kier molecular flexibility index (Phi) is 4.39. The van der Waals surface area contributed by atoms with Crippen molar-refractivity contribution in [2.75, 3.05) is 5.32 Å². The molecule has 0 fully saturated rings. The molecular formula is C13H14BrN3O2S. The highest BCUT2D eigenvalue weighted by molar-refractivity contribution is 9.10. The SMILES string of the molecule is Cc1nc(C(C)Nc2ccc(Br)c([N+](=O)[O-])c2)c(C)s1. The highest BCUT2D eigenvalue weighted by atomic mass is 79.9. The minimum Gasteiger partial charge on any atom is -0.377 e. The third-order valence-corrected chi connectivity index (χ3v) is 4.45. The number of thiazole rings is 1. The third kappa shape index (κ3) is 3.16. The first-order chi connectivity index (χ1) is 9.38. The van der Waals surface area contributed by atoms with Crippen LogP contribution in [-0.2, 0) is 0 Å². The Hall–Kier alpha value is -1.47. The van der Waals surface area contributed by atoms with Gasteiger partial charge in [0.1, 0.15) is 0 Å². The standard InChI is InChI=1S/C13H14BrN3O2S/c1-7(13-8(2)20-9(3)16-13)15-10-4-5-11(14)12(6-10)17(18)19/h4-7,15H,1-3H3. The summed E-state index contributed by atoms with van der Waals surface area (Å²) >= 11 is 4.83. The monoisotopic (exact) mass is 355 g/mol. The van der Waals surface area contributed by atoms with Crippen LogP contribution in [0.1, 0.15) is 28.5 Å². The van der Waals surface area contributed by atoms with Gasteiger partial charge >= 0.3 is 0 Å². The maximum Gasteiger partial charge on any atom is 0.285 e. The summed E-state index contributed by atoms with van der Waals surface area (Å²) in [6.45, 7) is 6.00. The van der Waals surface area contributed by atoms with E-state index in [4.69, 9.17) is 0 Å². The van der Waals surface area contributed by atoms with Crippen molar-refractivity contribution >= 4 is 38.6 Å². The van der Waals surface area contributed by atoms with E-state index in [1.165, 1.54) is 6.07 Å². The molecule has 0 spiro atoms. The Balaban J connectivity index is 2.24. The summed E-state index contributed by atoms with van der Waals surface area (Å²) < 4.78 is 0.474. The first-order valence-electron chi connectivity index (χ1n) is 6.03. The van der Waals surface area contributed by atoms with Crippen LogP contribution in [0.5, 0.6) is 0 Å². The normalized spacial score (nSPS) is 12.2. The van der Waals surface area contributed by atoms with Gasteiger partial charge in [-0.1, -0.05) is 0 Å². The second-order valence-electron chi connectivity index (χ2n) is 4.46. The van der Waals surface area contributed by atoms with Crippen LogP contribution in [0.25, 0.3) is 0 Å². The molecule has 0 aliphatic carbocycles. The number of anilines is 1. The van der Waals surface area contributed by atoms with E-state index in [2.05, 4.69) is 26.2 Å². The molecule has 0 amide bonds. The lowest BCUT2D eigenvalue weighted by Gasteiger charge is -2.14. The Bertz CT molecular complexity index is 657. The zero-order valence-electron chi connectivity index (χ0n) is 11.3. The Labute approximate surface area is 129 Å². The summed E-state index contributed by atoms with van der Waals surface area (Å²) in [5, 5.41) is 15.2. The first kappa shape index (κ1) is 14.9. The fourth-order valence-electron chi connectivity index (χ4n) is 2.01. The van der Waals surface area contributed by atoms with Crippen molar-refractivity contribution in [2.24, 2.45) is 0 Å².